The number of aromatic nitrogens is 1. The molecule has 3 fully saturated rings. The zero-order valence-corrected chi connectivity index (χ0v) is 13.6. The van der Waals surface area contributed by atoms with Gasteiger partial charge in [-0.2, -0.15) is 0 Å². The molecule has 2 aliphatic heterocycles. The average molecular weight is 321 g/mol. The highest BCUT2D eigenvalue weighted by atomic mass is 32.1. The highest BCUT2D eigenvalue weighted by molar-refractivity contribution is 7.07. The maximum absolute atomic E-state index is 12.0. The molecule has 1 aromatic heterocycles. The Bertz CT molecular complexity index is 517. The second kappa shape index (κ2) is 6.26. The first-order valence-electron chi connectivity index (χ1n) is 8.30. The maximum Gasteiger partial charge on any atom is 0.270 e. The largest absolute Gasteiger partial charge is 0.376 e. The summed E-state index contributed by atoms with van der Waals surface area (Å²) in [4.78, 5) is 18.6. The normalized spacial score (nSPS) is 31.9. The summed E-state index contributed by atoms with van der Waals surface area (Å²) in [5, 5.41) is 4.76. The number of likely N-dealkylation sites (tertiary alicyclic amines) is 1. The Kier molecular flexibility index (Phi) is 4.15. The van der Waals surface area contributed by atoms with Crippen molar-refractivity contribution in [3.05, 3.63) is 16.6 Å². The summed E-state index contributed by atoms with van der Waals surface area (Å²) in [6, 6.07) is 0. The monoisotopic (exact) mass is 321 g/mol. The number of fused-ring (bicyclic) bond motifs is 1. The van der Waals surface area contributed by atoms with Crippen LogP contribution in [0.5, 0.6) is 0 Å². The van der Waals surface area contributed by atoms with Crippen molar-refractivity contribution >= 4 is 17.2 Å². The lowest BCUT2D eigenvalue weighted by atomic mass is 9.84. The molecule has 2 saturated heterocycles. The van der Waals surface area contributed by atoms with Gasteiger partial charge in [-0.05, 0) is 37.6 Å². The van der Waals surface area contributed by atoms with E-state index < -0.39 is 0 Å². The van der Waals surface area contributed by atoms with Gasteiger partial charge in [0, 0.05) is 30.9 Å². The fraction of sp³-hybridized carbons (Fsp3) is 0.750. The van der Waals surface area contributed by atoms with Gasteiger partial charge in [0.2, 0.25) is 0 Å². The average Bonchev–Trinajstić information content (AvgIpc) is 3.04. The molecule has 0 radical (unpaired) electrons. The number of nitrogens with one attached hydrogen (secondary N) is 1. The minimum atomic E-state index is -0.0838. The number of carbonyl (C=O) groups excluding carboxylic acids is 1. The van der Waals surface area contributed by atoms with Crippen molar-refractivity contribution in [2.75, 3.05) is 32.8 Å². The molecule has 1 saturated carbocycles. The summed E-state index contributed by atoms with van der Waals surface area (Å²) in [7, 11) is 0. The lowest BCUT2D eigenvalue weighted by Gasteiger charge is -2.35. The van der Waals surface area contributed by atoms with Gasteiger partial charge in [-0.3, -0.25) is 4.79 Å². The summed E-state index contributed by atoms with van der Waals surface area (Å²) >= 11 is 1.45. The van der Waals surface area contributed by atoms with E-state index in [1.54, 1.807) is 10.9 Å². The number of piperidine rings is 1. The van der Waals surface area contributed by atoms with Crippen LogP contribution in [0.3, 0.4) is 0 Å². The fourth-order valence-electron chi connectivity index (χ4n) is 3.81. The number of hydrogen-bond acceptors (Lipinski definition) is 5. The van der Waals surface area contributed by atoms with Gasteiger partial charge in [-0.25, -0.2) is 4.98 Å². The number of amides is 1. The van der Waals surface area contributed by atoms with Gasteiger partial charge in [0.05, 0.1) is 18.2 Å². The Morgan fingerprint density at radius 1 is 1.45 bits per heavy atom. The SMILES string of the molecule is O=C(NC[C@@H]1OC[C@H]2CN(CC3CC3)CC[C@H]21)c1cscn1. The van der Waals surface area contributed by atoms with Gasteiger partial charge in [-0.15, -0.1) is 11.3 Å². The van der Waals surface area contributed by atoms with Crippen LogP contribution in [0.25, 0.3) is 0 Å². The van der Waals surface area contributed by atoms with Crippen LogP contribution in [0.1, 0.15) is 29.8 Å². The quantitative estimate of drug-likeness (QED) is 0.895. The third-order valence-corrected chi connectivity index (χ3v) is 5.81. The second-order valence-electron chi connectivity index (χ2n) is 6.87. The predicted molar refractivity (Wildman–Crippen MR) is 84.9 cm³/mol. The van der Waals surface area contributed by atoms with E-state index in [1.165, 1.54) is 50.2 Å². The molecule has 0 unspecified atom stereocenters. The highest BCUT2D eigenvalue weighted by Gasteiger charge is 2.41. The first-order valence-corrected chi connectivity index (χ1v) is 9.24. The van der Waals surface area contributed by atoms with Crippen LogP contribution in [0, 0.1) is 17.8 Å². The van der Waals surface area contributed by atoms with Crippen molar-refractivity contribution in [2.24, 2.45) is 17.8 Å². The zero-order valence-electron chi connectivity index (χ0n) is 12.7. The fourth-order valence-corrected chi connectivity index (χ4v) is 4.34. The van der Waals surface area contributed by atoms with E-state index in [1.807, 2.05) is 0 Å². The smallest absolute Gasteiger partial charge is 0.270 e. The van der Waals surface area contributed by atoms with Crippen LogP contribution in [-0.4, -0.2) is 54.7 Å². The van der Waals surface area contributed by atoms with Crippen LogP contribution < -0.4 is 5.32 Å². The molecule has 1 aromatic rings. The molecule has 1 amide bonds. The number of rotatable bonds is 5. The minimum absolute atomic E-state index is 0.0838. The molecule has 4 rings (SSSR count). The zero-order chi connectivity index (χ0) is 14.9. The van der Waals surface area contributed by atoms with Crippen molar-refractivity contribution in [3.63, 3.8) is 0 Å². The molecule has 120 valence electrons. The van der Waals surface area contributed by atoms with E-state index in [0.717, 1.165) is 12.5 Å². The first-order chi connectivity index (χ1) is 10.8. The molecule has 0 bridgehead atoms. The summed E-state index contributed by atoms with van der Waals surface area (Å²) in [5.41, 5.74) is 2.20. The van der Waals surface area contributed by atoms with Crippen LogP contribution in [0.4, 0.5) is 0 Å². The Balaban J connectivity index is 1.27. The first kappa shape index (κ1) is 14.6. The number of hydrogen-bond donors (Lipinski definition) is 1. The van der Waals surface area contributed by atoms with Crippen LogP contribution >= 0.6 is 11.3 Å². The molecule has 3 aliphatic rings. The van der Waals surface area contributed by atoms with Gasteiger partial charge >= 0.3 is 0 Å². The number of ether oxygens (including phenoxy) is 1. The number of nitrogens with zero attached hydrogens (tertiary/aromatic N) is 2. The van der Waals surface area contributed by atoms with Crippen molar-refractivity contribution in [1.29, 1.82) is 0 Å². The number of thiazole rings is 1. The molecular formula is C16H23N3O2S. The van der Waals surface area contributed by atoms with Gasteiger partial charge in [0.15, 0.2) is 0 Å². The summed E-state index contributed by atoms with van der Waals surface area (Å²) < 4.78 is 5.98. The molecule has 1 N–H and O–H groups in total. The molecule has 1 aliphatic carbocycles. The molecule has 5 nitrogen and oxygen atoms in total. The van der Waals surface area contributed by atoms with Crippen LogP contribution in [0.2, 0.25) is 0 Å². The third-order valence-electron chi connectivity index (χ3n) is 5.22. The third kappa shape index (κ3) is 3.19. The van der Waals surface area contributed by atoms with E-state index in [2.05, 4.69) is 15.2 Å². The van der Waals surface area contributed by atoms with Gasteiger partial charge in [-0.1, -0.05) is 0 Å². The molecular weight excluding hydrogens is 298 g/mol. The Labute approximate surface area is 135 Å². The second-order valence-corrected chi connectivity index (χ2v) is 7.59. The Morgan fingerprint density at radius 3 is 3.14 bits per heavy atom. The van der Waals surface area contributed by atoms with E-state index in [4.69, 9.17) is 4.74 Å². The van der Waals surface area contributed by atoms with Crippen LogP contribution in [0.15, 0.2) is 10.9 Å². The molecule has 22 heavy (non-hydrogen) atoms. The van der Waals surface area contributed by atoms with Crippen molar-refractivity contribution < 1.29 is 9.53 Å². The maximum atomic E-state index is 12.0. The Hall–Kier alpha value is -0.980. The van der Waals surface area contributed by atoms with Gasteiger partial charge in [0.25, 0.3) is 5.91 Å². The van der Waals surface area contributed by atoms with E-state index in [-0.39, 0.29) is 12.0 Å². The Morgan fingerprint density at radius 2 is 2.36 bits per heavy atom. The minimum Gasteiger partial charge on any atom is -0.376 e. The molecule has 0 spiro atoms. The van der Waals surface area contributed by atoms with Crippen molar-refractivity contribution in [2.45, 2.75) is 25.4 Å². The van der Waals surface area contributed by atoms with Crippen molar-refractivity contribution in [3.8, 4) is 0 Å². The van der Waals surface area contributed by atoms with Gasteiger partial charge in [0.1, 0.15) is 5.69 Å². The highest BCUT2D eigenvalue weighted by Crippen LogP contribution is 2.36. The summed E-state index contributed by atoms with van der Waals surface area (Å²) in [6.07, 6.45) is 4.23. The van der Waals surface area contributed by atoms with E-state index in [0.29, 0.717) is 24.1 Å². The lowest BCUT2D eigenvalue weighted by molar-refractivity contribution is 0.0742. The molecule has 3 atom stereocenters. The summed E-state index contributed by atoms with van der Waals surface area (Å²) in [6.45, 7) is 5.12. The molecule has 6 heteroatoms. The standard InChI is InChI=1S/C16H23N3O2S/c20-16(14-9-22-10-18-14)17-5-15-13-3-4-19(6-11-1-2-11)7-12(13)8-21-15/h9-13,15H,1-8H2,(H,17,20)/t12-,13-,15+/m1/s1. The number of carbonyl (C=O) groups is 1. The topological polar surface area (TPSA) is 54.5 Å². The molecule has 0 aromatic carbocycles. The van der Waals surface area contributed by atoms with Crippen molar-refractivity contribution in [1.82, 2.24) is 15.2 Å². The van der Waals surface area contributed by atoms with E-state index >= 15 is 0 Å². The van der Waals surface area contributed by atoms with Crippen LogP contribution in [-0.2, 0) is 4.74 Å². The lowest BCUT2D eigenvalue weighted by Crippen LogP contribution is -2.44. The summed E-state index contributed by atoms with van der Waals surface area (Å²) in [5.74, 6) is 2.13. The molecule has 3 heterocycles. The predicted octanol–water partition coefficient (Wildman–Crippen LogP) is 1.62. The van der Waals surface area contributed by atoms with Gasteiger partial charge < -0.3 is 15.0 Å². The van der Waals surface area contributed by atoms with E-state index in [9.17, 15) is 4.79 Å².